The van der Waals surface area contributed by atoms with Crippen LogP contribution in [0.15, 0.2) is 63.8 Å². The first kappa shape index (κ1) is 14.8. The SMILES string of the molecule is COc1cccc(NC(=O)Cc2cc3ccccc3oc2=O)c1. The fraction of sp³-hybridized carbons (Fsp3) is 0.111. The summed E-state index contributed by atoms with van der Waals surface area (Å²) in [6.07, 6.45) is -0.0512. The Kier molecular flexibility index (Phi) is 4.10. The maximum absolute atomic E-state index is 12.1. The minimum absolute atomic E-state index is 0.0512. The summed E-state index contributed by atoms with van der Waals surface area (Å²) in [6.45, 7) is 0. The van der Waals surface area contributed by atoms with Gasteiger partial charge in [-0.25, -0.2) is 4.79 Å². The second-order valence-electron chi connectivity index (χ2n) is 5.05. The van der Waals surface area contributed by atoms with E-state index < -0.39 is 5.63 Å². The lowest BCUT2D eigenvalue weighted by Gasteiger charge is -2.07. The summed E-state index contributed by atoms with van der Waals surface area (Å²) in [4.78, 5) is 24.1. The van der Waals surface area contributed by atoms with Crippen molar-refractivity contribution in [2.75, 3.05) is 12.4 Å². The van der Waals surface area contributed by atoms with Crippen molar-refractivity contribution < 1.29 is 13.9 Å². The van der Waals surface area contributed by atoms with Gasteiger partial charge < -0.3 is 14.5 Å². The van der Waals surface area contributed by atoms with Gasteiger partial charge in [0.25, 0.3) is 0 Å². The second kappa shape index (κ2) is 6.36. The second-order valence-corrected chi connectivity index (χ2v) is 5.05. The van der Waals surface area contributed by atoms with Crippen molar-refractivity contribution in [3.63, 3.8) is 0 Å². The molecule has 0 radical (unpaired) electrons. The molecule has 0 aliphatic heterocycles. The Morgan fingerprint density at radius 3 is 2.78 bits per heavy atom. The molecular weight excluding hydrogens is 294 g/mol. The molecule has 0 saturated heterocycles. The number of carbonyl (C=O) groups excluding carboxylic acids is 1. The number of fused-ring (bicyclic) bond motifs is 1. The number of amides is 1. The van der Waals surface area contributed by atoms with Crippen LogP contribution in [0.25, 0.3) is 11.0 Å². The van der Waals surface area contributed by atoms with Gasteiger partial charge in [-0.15, -0.1) is 0 Å². The molecule has 5 heteroatoms. The minimum Gasteiger partial charge on any atom is -0.497 e. The highest BCUT2D eigenvalue weighted by Crippen LogP contribution is 2.17. The molecule has 1 N–H and O–H groups in total. The van der Waals surface area contributed by atoms with Crippen molar-refractivity contribution in [1.82, 2.24) is 0 Å². The average molecular weight is 309 g/mol. The van der Waals surface area contributed by atoms with E-state index >= 15 is 0 Å². The van der Waals surface area contributed by atoms with Crippen molar-refractivity contribution in [3.05, 3.63) is 70.6 Å². The van der Waals surface area contributed by atoms with Gasteiger partial charge in [0, 0.05) is 22.7 Å². The zero-order valence-corrected chi connectivity index (χ0v) is 12.5. The third-order valence-electron chi connectivity index (χ3n) is 3.42. The minimum atomic E-state index is -0.496. The highest BCUT2D eigenvalue weighted by Gasteiger charge is 2.10. The lowest BCUT2D eigenvalue weighted by atomic mass is 10.1. The Labute approximate surface area is 132 Å². The summed E-state index contributed by atoms with van der Waals surface area (Å²) in [5.74, 6) is 0.355. The van der Waals surface area contributed by atoms with E-state index in [9.17, 15) is 9.59 Å². The van der Waals surface area contributed by atoms with E-state index in [0.717, 1.165) is 5.39 Å². The third kappa shape index (κ3) is 3.40. The van der Waals surface area contributed by atoms with Crippen LogP contribution in [-0.2, 0) is 11.2 Å². The van der Waals surface area contributed by atoms with E-state index in [-0.39, 0.29) is 12.3 Å². The molecule has 1 heterocycles. The standard InChI is InChI=1S/C18H15NO4/c1-22-15-7-4-6-14(11-15)19-17(20)10-13-9-12-5-2-3-8-16(12)23-18(13)21/h2-9,11H,10H2,1H3,(H,19,20). The lowest BCUT2D eigenvalue weighted by molar-refractivity contribution is -0.115. The maximum Gasteiger partial charge on any atom is 0.339 e. The first-order chi connectivity index (χ1) is 11.2. The van der Waals surface area contributed by atoms with Crippen molar-refractivity contribution >= 4 is 22.6 Å². The van der Waals surface area contributed by atoms with Gasteiger partial charge in [0.1, 0.15) is 11.3 Å². The van der Waals surface area contributed by atoms with Crippen LogP contribution in [0.2, 0.25) is 0 Å². The zero-order valence-electron chi connectivity index (χ0n) is 12.5. The Balaban J connectivity index is 1.79. The van der Waals surface area contributed by atoms with Crippen molar-refractivity contribution in [1.29, 1.82) is 0 Å². The number of anilines is 1. The molecule has 0 spiro atoms. The normalized spacial score (nSPS) is 10.5. The Hall–Kier alpha value is -3.08. The fourth-order valence-corrected chi connectivity index (χ4v) is 2.31. The molecule has 0 saturated carbocycles. The molecule has 0 bridgehead atoms. The van der Waals surface area contributed by atoms with Gasteiger partial charge >= 0.3 is 5.63 Å². The Morgan fingerprint density at radius 2 is 1.96 bits per heavy atom. The van der Waals surface area contributed by atoms with Gasteiger partial charge in [-0.2, -0.15) is 0 Å². The number of rotatable bonds is 4. The molecule has 23 heavy (non-hydrogen) atoms. The molecule has 5 nitrogen and oxygen atoms in total. The van der Waals surface area contributed by atoms with Crippen molar-refractivity contribution in [2.24, 2.45) is 0 Å². The molecule has 3 rings (SSSR count). The van der Waals surface area contributed by atoms with Crippen LogP contribution in [0.1, 0.15) is 5.56 Å². The highest BCUT2D eigenvalue weighted by atomic mass is 16.5. The van der Waals surface area contributed by atoms with Crippen LogP contribution < -0.4 is 15.7 Å². The maximum atomic E-state index is 12.1. The fourth-order valence-electron chi connectivity index (χ4n) is 2.31. The topological polar surface area (TPSA) is 68.5 Å². The molecule has 2 aromatic carbocycles. The number of hydrogen-bond acceptors (Lipinski definition) is 4. The van der Waals surface area contributed by atoms with Crippen LogP contribution in [0, 0.1) is 0 Å². The summed E-state index contributed by atoms with van der Waals surface area (Å²) >= 11 is 0. The van der Waals surface area contributed by atoms with Crippen molar-refractivity contribution in [3.8, 4) is 5.75 Å². The molecule has 0 unspecified atom stereocenters. The molecule has 116 valence electrons. The monoisotopic (exact) mass is 309 g/mol. The number of ether oxygens (including phenoxy) is 1. The van der Waals surface area contributed by atoms with Crippen LogP contribution >= 0.6 is 0 Å². The molecule has 1 aromatic heterocycles. The number of methoxy groups -OCH3 is 1. The largest absolute Gasteiger partial charge is 0.497 e. The predicted octanol–water partition coefficient (Wildman–Crippen LogP) is 2.98. The average Bonchev–Trinajstić information content (AvgIpc) is 2.55. The van der Waals surface area contributed by atoms with E-state index in [1.165, 1.54) is 0 Å². The summed E-state index contributed by atoms with van der Waals surface area (Å²) in [5, 5.41) is 3.53. The molecular formula is C18H15NO4. The van der Waals surface area contributed by atoms with Crippen LogP contribution in [0.4, 0.5) is 5.69 Å². The number of benzene rings is 2. The first-order valence-electron chi connectivity index (χ1n) is 7.11. The predicted molar refractivity (Wildman–Crippen MR) is 87.8 cm³/mol. The third-order valence-corrected chi connectivity index (χ3v) is 3.42. The quantitative estimate of drug-likeness (QED) is 0.752. The van der Waals surface area contributed by atoms with Crippen molar-refractivity contribution in [2.45, 2.75) is 6.42 Å². The summed E-state index contributed by atoms with van der Waals surface area (Å²) < 4.78 is 10.3. The molecule has 0 aliphatic rings. The van der Waals surface area contributed by atoms with E-state index in [2.05, 4.69) is 5.32 Å². The lowest BCUT2D eigenvalue weighted by Crippen LogP contribution is -2.19. The molecule has 0 aliphatic carbocycles. The van der Waals surface area contributed by atoms with E-state index in [0.29, 0.717) is 22.6 Å². The molecule has 0 fully saturated rings. The zero-order chi connectivity index (χ0) is 16.2. The van der Waals surface area contributed by atoms with Crippen LogP contribution in [0.5, 0.6) is 5.75 Å². The van der Waals surface area contributed by atoms with E-state index in [1.54, 1.807) is 49.6 Å². The number of carbonyl (C=O) groups is 1. The molecule has 1 amide bonds. The molecule has 3 aromatic rings. The summed E-state index contributed by atoms with van der Waals surface area (Å²) in [7, 11) is 1.56. The highest BCUT2D eigenvalue weighted by molar-refractivity contribution is 5.92. The van der Waals surface area contributed by atoms with Crippen LogP contribution in [0.3, 0.4) is 0 Å². The van der Waals surface area contributed by atoms with E-state index in [4.69, 9.17) is 9.15 Å². The van der Waals surface area contributed by atoms with Gasteiger partial charge in [-0.3, -0.25) is 4.79 Å². The number of hydrogen-bond donors (Lipinski definition) is 1. The summed E-state index contributed by atoms with van der Waals surface area (Å²) in [5.41, 5.74) is 0.947. The van der Waals surface area contributed by atoms with Gasteiger partial charge in [0.15, 0.2) is 0 Å². The van der Waals surface area contributed by atoms with Gasteiger partial charge in [0.2, 0.25) is 5.91 Å². The Morgan fingerprint density at radius 1 is 1.13 bits per heavy atom. The van der Waals surface area contributed by atoms with Gasteiger partial charge in [0.05, 0.1) is 13.5 Å². The van der Waals surface area contributed by atoms with Crippen LogP contribution in [-0.4, -0.2) is 13.0 Å². The smallest absolute Gasteiger partial charge is 0.339 e. The number of nitrogens with one attached hydrogen (secondary N) is 1. The van der Waals surface area contributed by atoms with E-state index in [1.807, 2.05) is 12.1 Å². The van der Waals surface area contributed by atoms with Gasteiger partial charge in [-0.05, 0) is 24.3 Å². The molecule has 0 atom stereocenters. The number of para-hydroxylation sites is 1. The first-order valence-corrected chi connectivity index (χ1v) is 7.11. The van der Waals surface area contributed by atoms with Gasteiger partial charge in [-0.1, -0.05) is 24.3 Å². The Bertz CT molecular complexity index is 914. The summed E-state index contributed by atoms with van der Waals surface area (Å²) in [6, 6.07) is 15.9.